The second-order valence-corrected chi connectivity index (χ2v) is 6.72. The maximum atomic E-state index is 5.37. The van der Waals surface area contributed by atoms with Gasteiger partial charge in [-0.15, -0.1) is 0 Å². The Kier molecular flexibility index (Phi) is 3.98. The summed E-state index contributed by atoms with van der Waals surface area (Å²) in [6, 6.07) is 16.9. The van der Waals surface area contributed by atoms with E-state index in [4.69, 9.17) is 4.74 Å². The van der Waals surface area contributed by atoms with Gasteiger partial charge in [-0.05, 0) is 41.8 Å². The van der Waals surface area contributed by atoms with Gasteiger partial charge < -0.3 is 10.1 Å². The van der Waals surface area contributed by atoms with Crippen LogP contribution >= 0.6 is 15.9 Å². The van der Waals surface area contributed by atoms with Gasteiger partial charge in [-0.25, -0.2) is 4.68 Å². The summed E-state index contributed by atoms with van der Waals surface area (Å²) in [5.41, 5.74) is 2.41. The normalized spacial score (nSPS) is 19.4. The van der Waals surface area contributed by atoms with Crippen LogP contribution in [-0.2, 0) is 0 Å². The summed E-state index contributed by atoms with van der Waals surface area (Å²) in [4.78, 5) is 4.37. The first-order chi connectivity index (χ1) is 11.7. The Bertz CT molecular complexity index is 846. The predicted molar refractivity (Wildman–Crippen MR) is 96.3 cm³/mol. The van der Waals surface area contributed by atoms with Crippen molar-refractivity contribution in [2.24, 2.45) is 0 Å². The van der Waals surface area contributed by atoms with Crippen LogP contribution in [0.25, 0.3) is 0 Å². The van der Waals surface area contributed by atoms with E-state index >= 15 is 0 Å². The lowest BCUT2D eigenvalue weighted by atomic mass is 9.93. The van der Waals surface area contributed by atoms with E-state index in [0.717, 1.165) is 22.6 Å². The maximum absolute atomic E-state index is 5.37. The molecule has 1 N–H and O–H groups in total. The molecule has 2 atom stereocenters. The minimum atomic E-state index is 0.118. The molecule has 0 radical (unpaired) electrons. The second kappa shape index (κ2) is 6.28. The van der Waals surface area contributed by atoms with Crippen LogP contribution in [-0.4, -0.2) is 21.9 Å². The Morgan fingerprint density at radius 2 is 2.00 bits per heavy atom. The first kappa shape index (κ1) is 15.2. The Balaban J connectivity index is 1.72. The van der Waals surface area contributed by atoms with Crippen LogP contribution in [0.3, 0.4) is 0 Å². The minimum Gasteiger partial charge on any atom is -0.497 e. The molecule has 2 heterocycles. The van der Waals surface area contributed by atoms with Crippen LogP contribution < -0.4 is 10.1 Å². The van der Waals surface area contributed by atoms with Crippen LogP contribution in [0.4, 0.5) is 5.95 Å². The molecule has 0 fully saturated rings. The van der Waals surface area contributed by atoms with Crippen LogP contribution in [0.5, 0.6) is 5.75 Å². The van der Waals surface area contributed by atoms with Gasteiger partial charge in [0.15, 0.2) is 0 Å². The monoisotopic (exact) mass is 384 g/mol. The van der Waals surface area contributed by atoms with Crippen molar-refractivity contribution in [1.82, 2.24) is 14.8 Å². The number of halogens is 1. The van der Waals surface area contributed by atoms with E-state index in [1.54, 1.807) is 13.4 Å². The standard InChI is InChI=1S/C18H17BrN4O/c1-24-15-4-2-3-13(9-15)17-10-16(12-5-7-14(19)8-6-12)22-18-20-11-21-23(17)18/h2-9,11,16-17H,10H2,1H3,(H,20,21,22). The number of fused-ring (bicyclic) bond motifs is 1. The zero-order valence-corrected chi connectivity index (χ0v) is 14.8. The van der Waals surface area contributed by atoms with Crippen molar-refractivity contribution in [3.8, 4) is 5.75 Å². The smallest absolute Gasteiger partial charge is 0.222 e. The summed E-state index contributed by atoms with van der Waals surface area (Å²) in [5.74, 6) is 1.65. The average molecular weight is 385 g/mol. The number of methoxy groups -OCH3 is 1. The molecule has 0 amide bonds. The van der Waals surface area contributed by atoms with Crippen molar-refractivity contribution in [3.63, 3.8) is 0 Å². The lowest BCUT2D eigenvalue weighted by Crippen LogP contribution is -2.28. The molecule has 0 bridgehead atoms. The van der Waals surface area contributed by atoms with Crippen LogP contribution in [0.1, 0.15) is 29.6 Å². The molecule has 1 aliphatic rings. The average Bonchev–Trinajstić information content (AvgIpc) is 3.10. The van der Waals surface area contributed by atoms with Crippen molar-refractivity contribution in [2.45, 2.75) is 18.5 Å². The largest absolute Gasteiger partial charge is 0.497 e. The fraction of sp³-hybridized carbons (Fsp3) is 0.222. The van der Waals surface area contributed by atoms with Crippen molar-refractivity contribution in [3.05, 3.63) is 70.5 Å². The predicted octanol–water partition coefficient (Wildman–Crippen LogP) is 4.20. The lowest BCUT2D eigenvalue weighted by molar-refractivity contribution is 0.406. The summed E-state index contributed by atoms with van der Waals surface area (Å²) in [6.07, 6.45) is 2.49. The number of benzene rings is 2. The first-order valence-electron chi connectivity index (χ1n) is 7.80. The molecular weight excluding hydrogens is 368 g/mol. The summed E-state index contributed by atoms with van der Waals surface area (Å²) in [7, 11) is 1.69. The third kappa shape index (κ3) is 2.78. The molecule has 4 rings (SSSR count). The molecule has 0 spiro atoms. The Hall–Kier alpha value is -2.34. The Morgan fingerprint density at radius 1 is 1.17 bits per heavy atom. The number of aromatic nitrogens is 3. The van der Waals surface area contributed by atoms with Crippen LogP contribution in [0.15, 0.2) is 59.3 Å². The van der Waals surface area contributed by atoms with Crippen LogP contribution in [0, 0.1) is 0 Å². The number of anilines is 1. The van der Waals surface area contributed by atoms with Gasteiger partial charge in [0.05, 0.1) is 19.2 Å². The number of rotatable bonds is 3. The highest BCUT2D eigenvalue weighted by molar-refractivity contribution is 9.10. The van der Waals surface area contributed by atoms with E-state index in [1.165, 1.54) is 11.1 Å². The molecule has 0 saturated carbocycles. The Labute approximate surface area is 148 Å². The zero-order chi connectivity index (χ0) is 16.5. The molecule has 1 aliphatic heterocycles. The molecule has 1 aromatic heterocycles. The quantitative estimate of drug-likeness (QED) is 0.735. The second-order valence-electron chi connectivity index (χ2n) is 5.80. The summed E-state index contributed by atoms with van der Waals surface area (Å²) in [6.45, 7) is 0. The molecule has 6 heteroatoms. The number of hydrogen-bond acceptors (Lipinski definition) is 4. The van der Waals surface area contributed by atoms with E-state index < -0.39 is 0 Å². The minimum absolute atomic E-state index is 0.118. The molecule has 2 unspecified atom stereocenters. The van der Waals surface area contributed by atoms with Crippen molar-refractivity contribution in [1.29, 1.82) is 0 Å². The molecule has 2 aromatic carbocycles. The molecule has 5 nitrogen and oxygen atoms in total. The van der Waals surface area contributed by atoms with Crippen molar-refractivity contribution in [2.75, 3.05) is 12.4 Å². The van der Waals surface area contributed by atoms with Crippen molar-refractivity contribution < 1.29 is 4.74 Å². The van der Waals surface area contributed by atoms with Gasteiger partial charge in [0.2, 0.25) is 5.95 Å². The lowest BCUT2D eigenvalue weighted by Gasteiger charge is -2.32. The van der Waals surface area contributed by atoms with Crippen LogP contribution in [0.2, 0.25) is 0 Å². The van der Waals surface area contributed by atoms with E-state index in [0.29, 0.717) is 0 Å². The molecule has 0 saturated heterocycles. The number of nitrogens with zero attached hydrogens (tertiary/aromatic N) is 3. The maximum Gasteiger partial charge on any atom is 0.222 e. The molecule has 24 heavy (non-hydrogen) atoms. The van der Waals surface area contributed by atoms with Gasteiger partial charge in [-0.2, -0.15) is 10.1 Å². The van der Waals surface area contributed by atoms with Gasteiger partial charge in [0, 0.05) is 4.47 Å². The highest BCUT2D eigenvalue weighted by Gasteiger charge is 2.30. The van der Waals surface area contributed by atoms with E-state index in [1.807, 2.05) is 16.8 Å². The van der Waals surface area contributed by atoms with Gasteiger partial charge in [-0.1, -0.05) is 40.2 Å². The highest BCUT2D eigenvalue weighted by Crippen LogP contribution is 2.38. The molecular formula is C18H17BrN4O. The SMILES string of the molecule is COc1cccc(C2CC(c3ccc(Br)cc3)Nc3ncnn32)c1. The Morgan fingerprint density at radius 3 is 2.79 bits per heavy atom. The summed E-state index contributed by atoms with van der Waals surface area (Å²) in [5, 5.41) is 7.89. The molecule has 0 aliphatic carbocycles. The third-order valence-electron chi connectivity index (χ3n) is 4.38. The summed E-state index contributed by atoms with van der Waals surface area (Å²) >= 11 is 3.49. The molecule has 3 aromatic rings. The first-order valence-corrected chi connectivity index (χ1v) is 8.59. The van der Waals surface area contributed by atoms with Gasteiger partial charge in [0.1, 0.15) is 12.1 Å². The number of hydrogen-bond donors (Lipinski definition) is 1. The van der Waals surface area contributed by atoms with E-state index in [9.17, 15) is 0 Å². The fourth-order valence-electron chi connectivity index (χ4n) is 3.16. The van der Waals surface area contributed by atoms with Crippen molar-refractivity contribution >= 4 is 21.9 Å². The zero-order valence-electron chi connectivity index (χ0n) is 13.2. The van der Waals surface area contributed by atoms with E-state index in [-0.39, 0.29) is 12.1 Å². The highest BCUT2D eigenvalue weighted by atomic mass is 79.9. The number of nitrogens with one attached hydrogen (secondary N) is 1. The fourth-order valence-corrected chi connectivity index (χ4v) is 3.42. The van der Waals surface area contributed by atoms with Gasteiger partial charge in [-0.3, -0.25) is 0 Å². The third-order valence-corrected chi connectivity index (χ3v) is 4.91. The summed E-state index contributed by atoms with van der Waals surface area (Å²) < 4.78 is 8.40. The van der Waals surface area contributed by atoms with E-state index in [2.05, 4.69) is 67.7 Å². The van der Waals surface area contributed by atoms with Gasteiger partial charge >= 0.3 is 0 Å². The molecule has 122 valence electrons. The topological polar surface area (TPSA) is 52.0 Å². The number of ether oxygens (including phenoxy) is 1. The van der Waals surface area contributed by atoms with Gasteiger partial charge in [0.25, 0.3) is 0 Å².